The molecule has 30 heavy (non-hydrogen) atoms. The van der Waals surface area contributed by atoms with Crippen molar-refractivity contribution >= 4 is 23.2 Å². The maximum absolute atomic E-state index is 13.0. The molecule has 1 aromatic carbocycles. The van der Waals surface area contributed by atoms with Gasteiger partial charge in [-0.25, -0.2) is 0 Å². The van der Waals surface area contributed by atoms with Gasteiger partial charge in [0.1, 0.15) is 5.92 Å². The quantitative estimate of drug-likeness (QED) is 0.421. The first-order valence-corrected chi connectivity index (χ1v) is 9.87. The Morgan fingerprint density at radius 1 is 1.27 bits per heavy atom. The minimum Gasteiger partial charge on any atom is -0.462 e. The molecule has 158 valence electrons. The number of rotatable bonds is 4. The van der Waals surface area contributed by atoms with Gasteiger partial charge in [-0.05, 0) is 39.7 Å². The number of hydrogen-bond acceptors (Lipinski definition) is 8. The largest absolute Gasteiger partial charge is 0.462 e. The van der Waals surface area contributed by atoms with E-state index < -0.39 is 22.7 Å². The van der Waals surface area contributed by atoms with Crippen LogP contribution in [0.1, 0.15) is 51.5 Å². The third-order valence-electron chi connectivity index (χ3n) is 5.49. The van der Waals surface area contributed by atoms with Crippen molar-refractivity contribution in [1.82, 2.24) is 0 Å². The number of fused-ring (bicyclic) bond motifs is 1. The first-order chi connectivity index (χ1) is 14.3. The highest BCUT2D eigenvalue weighted by Gasteiger charge is 2.46. The number of Topliss-reactive ketones (excluding diaryl/α,β-unsaturated/α-hetero) is 1. The molecule has 0 aromatic heterocycles. The van der Waals surface area contributed by atoms with Crippen LogP contribution in [-0.4, -0.2) is 35.3 Å². The predicted octanol–water partition coefficient (Wildman–Crippen LogP) is 3.46. The molecule has 1 aromatic rings. The number of carbonyl (C=O) groups is 2. The summed E-state index contributed by atoms with van der Waals surface area (Å²) < 4.78 is 16.1. The van der Waals surface area contributed by atoms with Crippen molar-refractivity contribution in [1.29, 1.82) is 0 Å². The van der Waals surface area contributed by atoms with E-state index in [2.05, 4.69) is 4.99 Å². The van der Waals surface area contributed by atoms with Crippen LogP contribution in [0.3, 0.4) is 0 Å². The lowest BCUT2D eigenvalue weighted by Crippen LogP contribution is -2.38. The van der Waals surface area contributed by atoms with E-state index in [0.29, 0.717) is 42.0 Å². The van der Waals surface area contributed by atoms with Gasteiger partial charge in [-0.15, -0.1) is 0 Å². The van der Waals surface area contributed by atoms with E-state index in [9.17, 15) is 19.7 Å². The zero-order valence-electron chi connectivity index (χ0n) is 17.0. The van der Waals surface area contributed by atoms with E-state index in [4.69, 9.17) is 14.2 Å². The second kappa shape index (κ2) is 7.55. The molecule has 0 radical (unpaired) electrons. The molecule has 9 heteroatoms. The van der Waals surface area contributed by atoms with Gasteiger partial charge in [-0.2, -0.15) is 0 Å². The summed E-state index contributed by atoms with van der Waals surface area (Å²) in [5.41, 5.74) is 1.43. The number of nitro groups is 1. The number of hydrogen-bond donors (Lipinski definition) is 0. The average Bonchev–Trinajstić information content (AvgIpc) is 3.12. The standard InChI is InChI=1S/C21H22N2O7/c1-10(2)30-21(25)18-11(3)22-13-5-4-6-15(24)20(13)19(18)12-7-16-17(29-9-28-16)8-14(12)23(26)27/h7-8,10,18-19H,4-6,9H2,1-3H3/t18?,19-/m1/s1. The number of nitrogens with zero attached hydrogens (tertiary/aromatic N) is 2. The highest BCUT2D eigenvalue weighted by Crippen LogP contribution is 2.49. The molecule has 0 saturated heterocycles. The van der Waals surface area contributed by atoms with Crippen LogP contribution in [0.2, 0.25) is 0 Å². The summed E-state index contributed by atoms with van der Waals surface area (Å²) in [6.07, 6.45) is 1.17. The maximum Gasteiger partial charge on any atom is 0.315 e. The van der Waals surface area contributed by atoms with E-state index in [1.165, 1.54) is 12.1 Å². The molecule has 0 bridgehead atoms. The van der Waals surface area contributed by atoms with E-state index in [0.717, 1.165) is 0 Å². The molecule has 0 fully saturated rings. The number of benzene rings is 1. The van der Waals surface area contributed by atoms with Crippen molar-refractivity contribution in [3.05, 3.63) is 39.1 Å². The number of esters is 1. The van der Waals surface area contributed by atoms with Crippen LogP contribution >= 0.6 is 0 Å². The Hall–Kier alpha value is -3.23. The van der Waals surface area contributed by atoms with E-state index in [-0.39, 0.29) is 35.7 Å². The molecule has 3 aliphatic rings. The highest BCUT2D eigenvalue weighted by molar-refractivity contribution is 6.09. The molecule has 9 nitrogen and oxygen atoms in total. The van der Waals surface area contributed by atoms with Crippen LogP contribution < -0.4 is 9.47 Å². The third kappa shape index (κ3) is 3.34. The lowest BCUT2D eigenvalue weighted by Gasteiger charge is -2.34. The minimum atomic E-state index is -0.938. The Morgan fingerprint density at radius 3 is 2.63 bits per heavy atom. The van der Waals surface area contributed by atoms with Gasteiger partial charge in [0.05, 0.1) is 17.1 Å². The van der Waals surface area contributed by atoms with Gasteiger partial charge in [-0.1, -0.05) is 0 Å². The van der Waals surface area contributed by atoms with Crippen LogP contribution in [-0.2, 0) is 14.3 Å². The summed E-state index contributed by atoms with van der Waals surface area (Å²) in [6, 6.07) is 2.79. The van der Waals surface area contributed by atoms with E-state index in [1.807, 2.05) is 0 Å². The molecular formula is C21H22N2O7. The fourth-order valence-corrected chi connectivity index (χ4v) is 4.31. The number of aliphatic imine (C=N–C) groups is 1. The van der Waals surface area contributed by atoms with Gasteiger partial charge in [0.15, 0.2) is 17.3 Å². The second-order valence-electron chi connectivity index (χ2n) is 7.85. The van der Waals surface area contributed by atoms with Gasteiger partial charge in [0.25, 0.3) is 5.69 Å². The Morgan fingerprint density at radius 2 is 1.97 bits per heavy atom. The molecule has 0 N–H and O–H groups in total. The van der Waals surface area contributed by atoms with Crippen molar-refractivity contribution in [3.63, 3.8) is 0 Å². The first kappa shape index (κ1) is 20.1. The molecule has 0 spiro atoms. The van der Waals surface area contributed by atoms with E-state index >= 15 is 0 Å². The van der Waals surface area contributed by atoms with Gasteiger partial charge in [0.2, 0.25) is 6.79 Å². The Labute approximate surface area is 172 Å². The summed E-state index contributed by atoms with van der Waals surface area (Å²) in [4.78, 5) is 41.9. The van der Waals surface area contributed by atoms with Gasteiger partial charge in [0, 0.05) is 34.9 Å². The number of ketones is 1. The van der Waals surface area contributed by atoms with Gasteiger partial charge >= 0.3 is 5.97 Å². The van der Waals surface area contributed by atoms with Crippen molar-refractivity contribution < 1.29 is 28.7 Å². The van der Waals surface area contributed by atoms with Crippen LogP contribution in [0.15, 0.2) is 28.4 Å². The van der Waals surface area contributed by atoms with Gasteiger partial charge < -0.3 is 14.2 Å². The normalized spacial score (nSPS) is 22.7. The average molecular weight is 414 g/mol. The van der Waals surface area contributed by atoms with Crippen molar-refractivity contribution in [3.8, 4) is 11.5 Å². The Bertz CT molecular complexity index is 1010. The maximum atomic E-state index is 13.0. The van der Waals surface area contributed by atoms with Crippen molar-refractivity contribution in [2.45, 2.75) is 52.1 Å². The summed E-state index contributed by atoms with van der Waals surface area (Å²) in [7, 11) is 0. The lowest BCUT2D eigenvalue weighted by molar-refractivity contribution is -0.385. The SMILES string of the molecule is CC1=NC2=C(C(=O)CCC2)[C@H](c2cc3c(cc2[N+](=O)[O-])OCO3)C1C(=O)OC(C)C. The zero-order valence-corrected chi connectivity index (χ0v) is 17.0. The minimum absolute atomic E-state index is 0.0488. The van der Waals surface area contributed by atoms with Crippen LogP contribution in [0.4, 0.5) is 5.69 Å². The highest BCUT2D eigenvalue weighted by atomic mass is 16.7. The fraction of sp³-hybridized carbons (Fsp3) is 0.476. The monoisotopic (exact) mass is 414 g/mol. The van der Waals surface area contributed by atoms with Crippen molar-refractivity contribution in [2.75, 3.05) is 6.79 Å². The van der Waals surface area contributed by atoms with Crippen LogP contribution in [0, 0.1) is 16.0 Å². The smallest absolute Gasteiger partial charge is 0.315 e. The summed E-state index contributed by atoms with van der Waals surface area (Å²) in [5, 5.41) is 11.9. The molecule has 2 heterocycles. The fourth-order valence-electron chi connectivity index (χ4n) is 4.31. The molecule has 1 unspecified atom stereocenters. The molecule has 0 amide bonds. The number of nitro benzene ring substituents is 1. The number of allylic oxidation sites excluding steroid dienone is 2. The lowest BCUT2D eigenvalue weighted by atomic mass is 9.71. The number of ether oxygens (including phenoxy) is 3. The zero-order chi connectivity index (χ0) is 21.6. The molecule has 2 aliphatic heterocycles. The number of carbonyl (C=O) groups excluding carboxylic acids is 2. The molecular weight excluding hydrogens is 392 g/mol. The van der Waals surface area contributed by atoms with Crippen LogP contribution in [0.25, 0.3) is 0 Å². The Balaban J connectivity index is 1.94. The summed E-state index contributed by atoms with van der Waals surface area (Å²) in [6.45, 7) is 5.09. The molecule has 1 aliphatic carbocycles. The summed E-state index contributed by atoms with van der Waals surface area (Å²) in [5.74, 6) is -1.91. The summed E-state index contributed by atoms with van der Waals surface area (Å²) >= 11 is 0. The molecule has 2 atom stereocenters. The second-order valence-corrected chi connectivity index (χ2v) is 7.85. The molecule has 0 saturated carbocycles. The van der Waals surface area contributed by atoms with Crippen molar-refractivity contribution in [2.24, 2.45) is 10.9 Å². The van der Waals surface area contributed by atoms with Crippen LogP contribution in [0.5, 0.6) is 11.5 Å². The topological polar surface area (TPSA) is 117 Å². The third-order valence-corrected chi connectivity index (χ3v) is 5.49. The predicted molar refractivity (Wildman–Crippen MR) is 106 cm³/mol. The van der Waals surface area contributed by atoms with E-state index in [1.54, 1.807) is 20.8 Å². The molecule has 4 rings (SSSR count). The first-order valence-electron chi connectivity index (χ1n) is 9.87. The van der Waals surface area contributed by atoms with Gasteiger partial charge in [-0.3, -0.25) is 24.7 Å². The Kier molecular flexibility index (Phi) is 5.05.